The fraction of sp³-hybridized carbons (Fsp3) is 0.217. The number of benzene rings is 2. The number of anilines is 1. The fourth-order valence-electron chi connectivity index (χ4n) is 3.01. The molecule has 9 nitrogen and oxygen atoms in total. The maximum Gasteiger partial charge on any atom is 0.343 e. The van der Waals surface area contributed by atoms with Crippen LogP contribution in [-0.2, 0) is 19.1 Å². The van der Waals surface area contributed by atoms with E-state index in [1.54, 1.807) is 30.3 Å². The number of methoxy groups -OCH3 is 2. The lowest BCUT2D eigenvalue weighted by Crippen LogP contribution is -2.36. The van der Waals surface area contributed by atoms with Gasteiger partial charge >= 0.3 is 5.97 Å². The van der Waals surface area contributed by atoms with Crippen LogP contribution >= 0.6 is 27.7 Å². The van der Waals surface area contributed by atoms with Gasteiger partial charge in [-0.2, -0.15) is 0 Å². The standard InChI is InChI=1S/C23H21BrN2O7S/c1-13-5-4-6-15(7-13)25-19(27)11-26-22(29)18(34-23(26)30)10-14-8-16(24)21(17(9-14)31-2)33-12-20(28)32-3/h4-10H,11-12H2,1-3H3,(H,25,27)/b18-10-. The number of carbonyl (C=O) groups is 4. The number of hydrogen-bond donors (Lipinski definition) is 1. The predicted octanol–water partition coefficient (Wildman–Crippen LogP) is 3.99. The van der Waals surface area contributed by atoms with E-state index in [9.17, 15) is 19.2 Å². The largest absolute Gasteiger partial charge is 0.493 e. The Morgan fingerprint density at radius 1 is 1.18 bits per heavy atom. The molecular formula is C23H21BrN2O7S. The van der Waals surface area contributed by atoms with Gasteiger partial charge in [0.1, 0.15) is 6.54 Å². The van der Waals surface area contributed by atoms with Crippen LogP contribution in [0.1, 0.15) is 11.1 Å². The van der Waals surface area contributed by atoms with Gasteiger partial charge in [-0.3, -0.25) is 19.3 Å². The van der Waals surface area contributed by atoms with Crippen molar-refractivity contribution in [3.8, 4) is 11.5 Å². The van der Waals surface area contributed by atoms with E-state index in [0.717, 1.165) is 22.2 Å². The average Bonchev–Trinajstić information content (AvgIpc) is 3.04. The van der Waals surface area contributed by atoms with Crippen molar-refractivity contribution in [1.29, 1.82) is 0 Å². The smallest absolute Gasteiger partial charge is 0.343 e. The first-order chi connectivity index (χ1) is 16.2. The molecule has 1 aliphatic heterocycles. The van der Waals surface area contributed by atoms with E-state index in [0.29, 0.717) is 21.5 Å². The van der Waals surface area contributed by atoms with Crippen molar-refractivity contribution >= 4 is 62.5 Å². The van der Waals surface area contributed by atoms with Crippen molar-refractivity contribution in [2.24, 2.45) is 0 Å². The molecular weight excluding hydrogens is 528 g/mol. The van der Waals surface area contributed by atoms with E-state index < -0.39 is 29.6 Å². The highest BCUT2D eigenvalue weighted by Crippen LogP contribution is 2.39. The number of hydrogen-bond acceptors (Lipinski definition) is 8. The molecule has 2 aromatic rings. The lowest BCUT2D eigenvalue weighted by molar-refractivity contribution is -0.143. The number of halogens is 1. The Morgan fingerprint density at radius 2 is 1.94 bits per heavy atom. The van der Waals surface area contributed by atoms with E-state index in [1.807, 2.05) is 13.0 Å². The van der Waals surface area contributed by atoms with E-state index in [1.165, 1.54) is 20.3 Å². The molecule has 3 rings (SSSR count). The Balaban J connectivity index is 1.74. The molecule has 3 amide bonds. The maximum atomic E-state index is 12.8. The number of nitrogens with zero attached hydrogens (tertiary/aromatic N) is 1. The van der Waals surface area contributed by atoms with Gasteiger partial charge in [-0.1, -0.05) is 12.1 Å². The number of amides is 3. The van der Waals surface area contributed by atoms with Crippen LogP contribution in [-0.4, -0.2) is 55.3 Å². The third-order valence-corrected chi connectivity index (χ3v) is 6.09. The Bertz CT molecular complexity index is 1180. The highest BCUT2D eigenvalue weighted by Gasteiger charge is 2.36. The Morgan fingerprint density at radius 3 is 2.62 bits per heavy atom. The summed E-state index contributed by atoms with van der Waals surface area (Å²) >= 11 is 4.10. The summed E-state index contributed by atoms with van der Waals surface area (Å²) in [5.41, 5.74) is 2.10. The zero-order valence-corrected chi connectivity index (χ0v) is 20.9. The molecule has 1 saturated heterocycles. The molecule has 0 atom stereocenters. The minimum Gasteiger partial charge on any atom is -0.493 e. The van der Waals surface area contributed by atoms with Crippen molar-refractivity contribution in [3.05, 3.63) is 56.9 Å². The van der Waals surface area contributed by atoms with Crippen molar-refractivity contribution in [3.63, 3.8) is 0 Å². The highest BCUT2D eigenvalue weighted by atomic mass is 79.9. The zero-order valence-electron chi connectivity index (χ0n) is 18.5. The third-order valence-electron chi connectivity index (χ3n) is 4.59. The second-order valence-corrected chi connectivity index (χ2v) is 8.93. The van der Waals surface area contributed by atoms with Crippen molar-refractivity contribution < 1.29 is 33.4 Å². The van der Waals surface area contributed by atoms with E-state index in [2.05, 4.69) is 26.0 Å². The number of imide groups is 1. The second-order valence-electron chi connectivity index (χ2n) is 7.08. The van der Waals surface area contributed by atoms with Crippen LogP contribution in [0.4, 0.5) is 10.5 Å². The van der Waals surface area contributed by atoms with Crippen molar-refractivity contribution in [2.45, 2.75) is 6.92 Å². The normalized spacial score (nSPS) is 14.4. The highest BCUT2D eigenvalue weighted by molar-refractivity contribution is 9.10. The van der Waals surface area contributed by atoms with E-state index in [4.69, 9.17) is 9.47 Å². The van der Waals surface area contributed by atoms with Crippen LogP contribution in [0.15, 0.2) is 45.8 Å². The molecule has 2 aromatic carbocycles. The minimum absolute atomic E-state index is 0.158. The first-order valence-electron chi connectivity index (χ1n) is 9.91. The van der Waals surface area contributed by atoms with Gasteiger partial charge in [0.25, 0.3) is 11.1 Å². The Labute approximate surface area is 208 Å². The molecule has 0 radical (unpaired) electrons. The molecule has 0 aromatic heterocycles. The zero-order chi connectivity index (χ0) is 24.8. The molecule has 0 saturated carbocycles. The number of aryl methyl sites for hydroxylation is 1. The van der Waals surface area contributed by atoms with Gasteiger partial charge in [-0.05, 0) is 76.1 Å². The number of nitrogens with one attached hydrogen (secondary N) is 1. The maximum absolute atomic E-state index is 12.8. The summed E-state index contributed by atoms with van der Waals surface area (Å²) in [7, 11) is 2.68. The number of rotatable bonds is 8. The number of thioether (sulfide) groups is 1. The van der Waals surface area contributed by atoms with Crippen LogP contribution in [0.3, 0.4) is 0 Å². The molecule has 1 fully saturated rings. The number of carbonyl (C=O) groups excluding carboxylic acids is 4. The molecule has 0 bridgehead atoms. The fourth-order valence-corrected chi connectivity index (χ4v) is 4.42. The van der Waals surface area contributed by atoms with E-state index in [-0.39, 0.29) is 17.3 Å². The second kappa shape index (κ2) is 11.2. The van der Waals surface area contributed by atoms with Crippen molar-refractivity contribution in [2.75, 3.05) is 32.7 Å². The van der Waals surface area contributed by atoms with Crippen LogP contribution in [0.5, 0.6) is 11.5 Å². The predicted molar refractivity (Wildman–Crippen MR) is 131 cm³/mol. The monoisotopic (exact) mass is 548 g/mol. The molecule has 178 valence electrons. The molecule has 11 heteroatoms. The molecule has 34 heavy (non-hydrogen) atoms. The summed E-state index contributed by atoms with van der Waals surface area (Å²) in [6, 6.07) is 10.4. The third kappa shape index (κ3) is 6.17. The summed E-state index contributed by atoms with van der Waals surface area (Å²) in [6.45, 7) is 1.18. The summed E-state index contributed by atoms with van der Waals surface area (Å²) in [4.78, 5) is 50.0. The summed E-state index contributed by atoms with van der Waals surface area (Å²) in [5.74, 6) is -1.02. The average molecular weight is 549 g/mol. The minimum atomic E-state index is -0.574. The topological polar surface area (TPSA) is 111 Å². The Kier molecular flexibility index (Phi) is 8.35. The molecule has 1 heterocycles. The van der Waals surface area contributed by atoms with Gasteiger partial charge in [0.15, 0.2) is 18.1 Å². The molecule has 0 spiro atoms. The van der Waals surface area contributed by atoms with Gasteiger partial charge in [-0.25, -0.2) is 4.79 Å². The van der Waals surface area contributed by atoms with Gasteiger partial charge in [0.2, 0.25) is 5.91 Å². The van der Waals surface area contributed by atoms with Crippen LogP contribution in [0.25, 0.3) is 6.08 Å². The first-order valence-corrected chi connectivity index (χ1v) is 11.5. The number of esters is 1. The van der Waals surface area contributed by atoms with Crippen LogP contribution in [0, 0.1) is 6.92 Å². The van der Waals surface area contributed by atoms with Gasteiger partial charge < -0.3 is 19.5 Å². The number of ether oxygens (including phenoxy) is 3. The summed E-state index contributed by atoms with van der Waals surface area (Å²) in [6.07, 6.45) is 1.51. The molecule has 1 aliphatic rings. The first kappa shape index (κ1) is 25.3. The quantitative estimate of drug-likeness (QED) is 0.389. The summed E-state index contributed by atoms with van der Waals surface area (Å²) in [5, 5.41) is 2.14. The Hall–Kier alpha value is -3.31. The molecule has 1 N–H and O–H groups in total. The van der Waals surface area contributed by atoms with Crippen LogP contribution < -0.4 is 14.8 Å². The lowest BCUT2D eigenvalue weighted by atomic mass is 10.2. The van der Waals surface area contributed by atoms with Gasteiger partial charge in [0.05, 0.1) is 23.6 Å². The van der Waals surface area contributed by atoms with Crippen molar-refractivity contribution in [1.82, 2.24) is 4.90 Å². The lowest BCUT2D eigenvalue weighted by Gasteiger charge is -2.13. The molecule has 0 aliphatic carbocycles. The SMILES string of the molecule is COC(=O)COc1c(Br)cc(/C=C2\SC(=O)N(CC(=O)Nc3cccc(C)c3)C2=O)cc1OC. The van der Waals surface area contributed by atoms with Crippen LogP contribution in [0.2, 0.25) is 0 Å². The van der Waals surface area contributed by atoms with Gasteiger partial charge in [-0.15, -0.1) is 0 Å². The van der Waals surface area contributed by atoms with Gasteiger partial charge in [0, 0.05) is 5.69 Å². The summed E-state index contributed by atoms with van der Waals surface area (Å²) < 4.78 is 15.8. The molecule has 0 unspecified atom stereocenters. The van der Waals surface area contributed by atoms with E-state index >= 15 is 0 Å².